The van der Waals surface area contributed by atoms with Crippen molar-refractivity contribution >= 4 is 50.2 Å². The number of nitrogens with zero attached hydrogens (tertiary/aromatic N) is 6. The lowest BCUT2D eigenvalue weighted by Gasteiger charge is -2.35. The molecule has 10 nitrogen and oxygen atoms in total. The van der Waals surface area contributed by atoms with E-state index in [0.29, 0.717) is 46.6 Å². The van der Waals surface area contributed by atoms with Gasteiger partial charge in [-0.1, -0.05) is 48.0 Å². The number of benzene rings is 2. The van der Waals surface area contributed by atoms with Crippen LogP contribution < -0.4 is 19.8 Å². The van der Waals surface area contributed by atoms with Crippen LogP contribution in [0.2, 0.25) is 5.02 Å². The third-order valence-corrected chi connectivity index (χ3v) is 9.95. The van der Waals surface area contributed by atoms with Crippen molar-refractivity contribution in [1.29, 1.82) is 0 Å². The Hall–Kier alpha value is -3.93. The normalized spacial score (nSPS) is 18.3. The van der Waals surface area contributed by atoms with E-state index >= 15 is 0 Å². The van der Waals surface area contributed by atoms with Crippen LogP contribution in [0.15, 0.2) is 79.0 Å². The topological polar surface area (TPSA) is 108 Å². The Kier molecular flexibility index (Phi) is 7.65. The Morgan fingerprint density at radius 2 is 1.86 bits per heavy atom. The molecule has 1 atom stereocenters. The second-order valence-electron chi connectivity index (χ2n) is 10.5. The molecule has 0 amide bonds. The van der Waals surface area contributed by atoms with E-state index in [1.54, 1.807) is 31.6 Å². The molecule has 0 saturated carbocycles. The highest BCUT2D eigenvalue weighted by Gasteiger charge is 2.36. The zero-order valence-electron chi connectivity index (χ0n) is 23.4. The van der Waals surface area contributed by atoms with Crippen LogP contribution in [0.3, 0.4) is 0 Å². The van der Waals surface area contributed by atoms with Crippen LogP contribution in [0, 0.1) is 0 Å². The van der Waals surface area contributed by atoms with Gasteiger partial charge in [-0.15, -0.1) is 13.2 Å². The zero-order chi connectivity index (χ0) is 29.4. The largest absolute Gasteiger partial charge is 0.365 e. The molecule has 1 fully saturated rings. The summed E-state index contributed by atoms with van der Waals surface area (Å²) in [5.74, 6) is 1.32. The minimum absolute atomic E-state index is 0.141. The molecule has 0 bridgehead atoms. The van der Waals surface area contributed by atoms with Gasteiger partial charge in [0.15, 0.2) is 17.0 Å². The fourth-order valence-corrected chi connectivity index (χ4v) is 7.45. The zero-order valence-corrected chi connectivity index (χ0v) is 24.9. The standard InChI is InChI=1S/C30H33ClN8O2S/c1-4-14-32-28-27-29(39(15-5-2)19-33-27)36-30(35-28)38-16-12-21(13-17-38)34-26-22-8-6-7-9-24(22)37(3)42(40,41)25-18-20(31)10-11-23(25)26/h4-11,18-19,21,26,34H,1-2,12-17H2,3H3,(H,32,35,36)/t26-/m1/s1. The number of hydrogen-bond acceptors (Lipinski definition) is 8. The number of sulfonamides is 1. The maximum atomic E-state index is 13.6. The van der Waals surface area contributed by atoms with E-state index in [1.165, 1.54) is 4.31 Å². The Morgan fingerprint density at radius 1 is 1.07 bits per heavy atom. The van der Waals surface area contributed by atoms with Gasteiger partial charge in [-0.05, 0) is 42.2 Å². The Labute approximate surface area is 250 Å². The van der Waals surface area contributed by atoms with Crippen LogP contribution in [-0.2, 0) is 16.6 Å². The molecule has 2 aliphatic heterocycles. The first-order valence-corrected chi connectivity index (χ1v) is 15.7. The summed E-state index contributed by atoms with van der Waals surface area (Å²) in [7, 11) is -2.19. The average Bonchev–Trinajstić information content (AvgIpc) is 3.39. The molecule has 2 aromatic heterocycles. The number of rotatable bonds is 8. The van der Waals surface area contributed by atoms with Gasteiger partial charge >= 0.3 is 0 Å². The van der Waals surface area contributed by atoms with Crippen LogP contribution in [-0.4, -0.2) is 60.7 Å². The molecule has 218 valence electrons. The quantitative estimate of drug-likeness (QED) is 0.278. The number of anilines is 3. The van der Waals surface area contributed by atoms with Crippen molar-refractivity contribution in [2.24, 2.45) is 0 Å². The van der Waals surface area contributed by atoms with Gasteiger partial charge in [0.05, 0.1) is 23.0 Å². The minimum atomic E-state index is -3.78. The SMILES string of the molecule is C=CCNc1nc(N2CCC(N[C@@H]3c4ccccc4N(C)S(=O)(=O)c4cc(Cl)ccc43)CC2)nc2c1ncn2CC=C. The molecule has 4 heterocycles. The van der Waals surface area contributed by atoms with Crippen molar-refractivity contribution in [2.45, 2.75) is 36.4 Å². The first-order valence-electron chi connectivity index (χ1n) is 13.9. The lowest BCUT2D eigenvalue weighted by atomic mass is 9.94. The highest BCUT2D eigenvalue weighted by Crippen LogP contribution is 2.41. The predicted octanol–water partition coefficient (Wildman–Crippen LogP) is 4.75. The molecule has 2 aliphatic rings. The van der Waals surface area contributed by atoms with E-state index in [2.05, 4.69) is 33.7 Å². The summed E-state index contributed by atoms with van der Waals surface area (Å²) in [4.78, 5) is 16.7. The van der Waals surface area contributed by atoms with Crippen molar-refractivity contribution in [1.82, 2.24) is 24.8 Å². The van der Waals surface area contributed by atoms with Gasteiger partial charge in [-0.25, -0.2) is 13.4 Å². The van der Waals surface area contributed by atoms with Crippen molar-refractivity contribution in [2.75, 3.05) is 41.2 Å². The molecule has 0 unspecified atom stereocenters. The molecule has 0 radical (unpaired) electrons. The Bertz CT molecular complexity index is 1760. The van der Waals surface area contributed by atoms with Gasteiger partial charge in [0.2, 0.25) is 5.95 Å². The van der Waals surface area contributed by atoms with E-state index in [4.69, 9.17) is 21.6 Å². The smallest absolute Gasteiger partial charge is 0.264 e. The van der Waals surface area contributed by atoms with Crippen LogP contribution in [0.1, 0.15) is 30.0 Å². The maximum Gasteiger partial charge on any atom is 0.264 e. The Balaban J connectivity index is 1.28. The summed E-state index contributed by atoms with van der Waals surface area (Å²) >= 11 is 6.29. The third kappa shape index (κ3) is 5.01. The first-order chi connectivity index (χ1) is 20.3. The van der Waals surface area contributed by atoms with Crippen LogP contribution in [0.4, 0.5) is 17.5 Å². The van der Waals surface area contributed by atoms with E-state index in [9.17, 15) is 8.42 Å². The molecule has 0 aliphatic carbocycles. The summed E-state index contributed by atoms with van der Waals surface area (Å²) < 4.78 is 30.5. The van der Waals surface area contributed by atoms with Gasteiger partial charge in [0.25, 0.3) is 10.0 Å². The summed E-state index contributed by atoms with van der Waals surface area (Å²) in [6, 6.07) is 12.6. The number of fused-ring (bicyclic) bond motifs is 3. The van der Waals surface area contributed by atoms with Gasteiger partial charge in [0.1, 0.15) is 0 Å². The summed E-state index contributed by atoms with van der Waals surface area (Å²) in [6.07, 6.45) is 7.01. The van der Waals surface area contributed by atoms with E-state index in [1.807, 2.05) is 41.0 Å². The van der Waals surface area contributed by atoms with E-state index in [-0.39, 0.29) is 17.0 Å². The van der Waals surface area contributed by atoms with Crippen LogP contribution in [0.5, 0.6) is 0 Å². The maximum absolute atomic E-state index is 13.6. The highest BCUT2D eigenvalue weighted by molar-refractivity contribution is 7.92. The van der Waals surface area contributed by atoms with Crippen molar-refractivity contribution in [3.05, 3.63) is 90.3 Å². The van der Waals surface area contributed by atoms with Crippen molar-refractivity contribution in [3.8, 4) is 0 Å². The Morgan fingerprint density at radius 3 is 2.62 bits per heavy atom. The number of aromatic nitrogens is 4. The predicted molar refractivity (Wildman–Crippen MR) is 168 cm³/mol. The number of piperidine rings is 1. The third-order valence-electron chi connectivity index (χ3n) is 7.88. The molecule has 12 heteroatoms. The summed E-state index contributed by atoms with van der Waals surface area (Å²) in [5.41, 5.74) is 3.72. The number of para-hydroxylation sites is 1. The molecule has 4 aromatic rings. The molecular weight excluding hydrogens is 572 g/mol. The van der Waals surface area contributed by atoms with Crippen molar-refractivity contribution < 1.29 is 8.42 Å². The van der Waals surface area contributed by atoms with Crippen LogP contribution >= 0.6 is 11.6 Å². The lowest BCUT2D eigenvalue weighted by molar-refractivity contribution is 0.387. The fraction of sp³-hybridized carbons (Fsp3) is 0.300. The van der Waals surface area contributed by atoms with Gasteiger partial charge < -0.3 is 20.1 Å². The molecule has 2 aromatic carbocycles. The molecule has 6 rings (SSSR count). The second-order valence-corrected chi connectivity index (χ2v) is 12.8. The number of imidazole rings is 1. The fourth-order valence-electron chi connectivity index (χ4n) is 5.73. The van der Waals surface area contributed by atoms with E-state index in [0.717, 1.165) is 37.1 Å². The van der Waals surface area contributed by atoms with Gasteiger partial charge in [0, 0.05) is 44.3 Å². The second kappa shape index (κ2) is 11.4. The highest BCUT2D eigenvalue weighted by atomic mass is 35.5. The van der Waals surface area contributed by atoms with Crippen LogP contribution in [0.25, 0.3) is 11.2 Å². The number of nitrogens with one attached hydrogen (secondary N) is 2. The monoisotopic (exact) mass is 604 g/mol. The minimum Gasteiger partial charge on any atom is -0.365 e. The lowest BCUT2D eigenvalue weighted by Crippen LogP contribution is -2.44. The first kappa shape index (κ1) is 28.2. The van der Waals surface area contributed by atoms with Gasteiger partial charge in [-0.3, -0.25) is 4.31 Å². The summed E-state index contributed by atoms with van der Waals surface area (Å²) in [6.45, 7) is 10.3. The van der Waals surface area contributed by atoms with Gasteiger partial charge in [-0.2, -0.15) is 9.97 Å². The molecule has 1 saturated heterocycles. The number of hydrogen-bond donors (Lipinski definition) is 2. The van der Waals surface area contributed by atoms with E-state index < -0.39 is 10.0 Å². The van der Waals surface area contributed by atoms with Crippen molar-refractivity contribution in [3.63, 3.8) is 0 Å². The number of allylic oxidation sites excluding steroid dienone is 1. The number of halogens is 1. The molecule has 0 spiro atoms. The molecule has 42 heavy (non-hydrogen) atoms. The molecular formula is C30H33ClN8O2S. The summed E-state index contributed by atoms with van der Waals surface area (Å²) in [5, 5.41) is 7.49. The molecule has 2 N–H and O–H groups in total. The average molecular weight is 605 g/mol.